The van der Waals surface area contributed by atoms with Gasteiger partial charge in [0, 0.05) is 25.5 Å². The van der Waals surface area contributed by atoms with Gasteiger partial charge in [-0.05, 0) is 31.5 Å². The summed E-state index contributed by atoms with van der Waals surface area (Å²) in [6, 6.07) is 9.59. The molecular formula is C16H19N3O. The molecule has 0 atom stereocenters. The zero-order chi connectivity index (χ0) is 14.5. The SMILES string of the molecule is CCNc1cnccc1C(=O)N(C)c1ccccc1C. The van der Waals surface area contributed by atoms with Crippen LogP contribution in [0.4, 0.5) is 11.4 Å². The third-order valence-corrected chi connectivity index (χ3v) is 3.20. The quantitative estimate of drug-likeness (QED) is 0.927. The Labute approximate surface area is 119 Å². The van der Waals surface area contributed by atoms with Crippen LogP contribution in [0.3, 0.4) is 0 Å². The summed E-state index contributed by atoms with van der Waals surface area (Å²) in [6.45, 7) is 4.74. The molecule has 1 aromatic carbocycles. The van der Waals surface area contributed by atoms with Gasteiger partial charge >= 0.3 is 0 Å². The van der Waals surface area contributed by atoms with Gasteiger partial charge in [0.2, 0.25) is 0 Å². The first-order valence-electron chi connectivity index (χ1n) is 6.66. The lowest BCUT2D eigenvalue weighted by molar-refractivity contribution is 0.0993. The van der Waals surface area contributed by atoms with Gasteiger partial charge in [-0.2, -0.15) is 0 Å². The molecular weight excluding hydrogens is 250 g/mol. The highest BCUT2D eigenvalue weighted by atomic mass is 16.2. The molecule has 2 rings (SSSR count). The summed E-state index contributed by atoms with van der Waals surface area (Å²) in [5, 5.41) is 3.17. The number of anilines is 2. The summed E-state index contributed by atoms with van der Waals surface area (Å²) in [6.07, 6.45) is 3.32. The zero-order valence-corrected chi connectivity index (χ0v) is 12.1. The van der Waals surface area contributed by atoms with E-state index in [4.69, 9.17) is 0 Å². The molecule has 0 aliphatic heterocycles. The second kappa shape index (κ2) is 6.19. The monoisotopic (exact) mass is 269 g/mol. The third kappa shape index (κ3) is 2.79. The minimum absolute atomic E-state index is 0.0438. The van der Waals surface area contributed by atoms with Crippen LogP contribution in [-0.4, -0.2) is 24.5 Å². The molecule has 4 heteroatoms. The molecule has 0 saturated carbocycles. The number of nitrogens with one attached hydrogen (secondary N) is 1. The van der Waals surface area contributed by atoms with Crippen molar-refractivity contribution in [1.82, 2.24) is 4.98 Å². The number of rotatable bonds is 4. The van der Waals surface area contributed by atoms with E-state index < -0.39 is 0 Å². The largest absolute Gasteiger partial charge is 0.383 e. The van der Waals surface area contributed by atoms with Crippen LogP contribution in [0, 0.1) is 6.92 Å². The fourth-order valence-corrected chi connectivity index (χ4v) is 2.14. The predicted octanol–water partition coefficient (Wildman–Crippen LogP) is 3.10. The maximum Gasteiger partial charge on any atom is 0.260 e. The Hall–Kier alpha value is -2.36. The lowest BCUT2D eigenvalue weighted by Crippen LogP contribution is -2.27. The van der Waals surface area contributed by atoms with Crippen molar-refractivity contribution >= 4 is 17.3 Å². The number of carbonyl (C=O) groups excluding carboxylic acids is 1. The molecule has 0 saturated heterocycles. The highest BCUT2D eigenvalue weighted by Gasteiger charge is 2.17. The molecule has 0 aliphatic rings. The molecule has 0 fully saturated rings. The van der Waals surface area contributed by atoms with Gasteiger partial charge in [0.25, 0.3) is 5.91 Å². The molecule has 4 nitrogen and oxygen atoms in total. The Kier molecular flexibility index (Phi) is 4.35. The van der Waals surface area contributed by atoms with Crippen LogP contribution in [0.5, 0.6) is 0 Å². The average molecular weight is 269 g/mol. The van der Waals surface area contributed by atoms with Crippen molar-refractivity contribution < 1.29 is 4.79 Å². The molecule has 0 radical (unpaired) electrons. The van der Waals surface area contributed by atoms with Gasteiger partial charge in [0.15, 0.2) is 0 Å². The molecule has 20 heavy (non-hydrogen) atoms. The molecule has 1 heterocycles. The van der Waals surface area contributed by atoms with Crippen molar-refractivity contribution in [3.63, 3.8) is 0 Å². The molecule has 1 aromatic heterocycles. The Morgan fingerprint density at radius 3 is 2.75 bits per heavy atom. The lowest BCUT2D eigenvalue weighted by atomic mass is 10.1. The van der Waals surface area contributed by atoms with Crippen LogP contribution in [0.1, 0.15) is 22.8 Å². The standard InChI is InChI=1S/C16H19N3O/c1-4-18-14-11-17-10-9-13(14)16(20)19(3)15-8-6-5-7-12(15)2/h5-11,18H,4H2,1-3H3. The second-order valence-corrected chi connectivity index (χ2v) is 4.60. The zero-order valence-electron chi connectivity index (χ0n) is 12.1. The van der Waals surface area contributed by atoms with E-state index in [1.807, 2.05) is 38.1 Å². The molecule has 0 unspecified atom stereocenters. The van der Waals surface area contributed by atoms with Crippen LogP contribution in [0.2, 0.25) is 0 Å². The average Bonchev–Trinajstić information content (AvgIpc) is 2.47. The summed E-state index contributed by atoms with van der Waals surface area (Å²) in [5.41, 5.74) is 3.38. The van der Waals surface area contributed by atoms with E-state index in [2.05, 4.69) is 10.3 Å². The molecule has 1 amide bonds. The van der Waals surface area contributed by atoms with Crippen molar-refractivity contribution in [2.24, 2.45) is 0 Å². The van der Waals surface area contributed by atoms with Crippen molar-refractivity contribution in [2.75, 3.05) is 23.8 Å². The van der Waals surface area contributed by atoms with E-state index in [9.17, 15) is 4.79 Å². The number of hydrogen-bond donors (Lipinski definition) is 1. The highest BCUT2D eigenvalue weighted by Crippen LogP contribution is 2.22. The van der Waals surface area contributed by atoms with Crippen LogP contribution in [0.15, 0.2) is 42.7 Å². The lowest BCUT2D eigenvalue weighted by Gasteiger charge is -2.21. The molecule has 0 spiro atoms. The van der Waals surface area contributed by atoms with E-state index in [1.54, 1.807) is 30.4 Å². The fraction of sp³-hybridized carbons (Fsp3) is 0.250. The number of para-hydroxylation sites is 1. The van der Waals surface area contributed by atoms with Gasteiger partial charge in [-0.15, -0.1) is 0 Å². The fourth-order valence-electron chi connectivity index (χ4n) is 2.14. The number of aryl methyl sites for hydroxylation is 1. The molecule has 1 N–H and O–H groups in total. The summed E-state index contributed by atoms with van der Waals surface area (Å²) >= 11 is 0. The number of pyridine rings is 1. The number of amides is 1. The third-order valence-electron chi connectivity index (χ3n) is 3.20. The number of hydrogen-bond acceptors (Lipinski definition) is 3. The maximum absolute atomic E-state index is 12.7. The van der Waals surface area contributed by atoms with E-state index in [1.165, 1.54) is 0 Å². The van der Waals surface area contributed by atoms with E-state index >= 15 is 0 Å². The van der Waals surface area contributed by atoms with Gasteiger partial charge in [-0.25, -0.2) is 0 Å². The number of benzene rings is 1. The van der Waals surface area contributed by atoms with E-state index in [-0.39, 0.29) is 5.91 Å². The van der Waals surface area contributed by atoms with Crippen LogP contribution < -0.4 is 10.2 Å². The van der Waals surface area contributed by atoms with Gasteiger partial charge in [-0.1, -0.05) is 18.2 Å². The normalized spacial score (nSPS) is 10.2. The van der Waals surface area contributed by atoms with Crippen LogP contribution in [-0.2, 0) is 0 Å². The smallest absolute Gasteiger partial charge is 0.260 e. The Bertz CT molecular complexity index is 610. The van der Waals surface area contributed by atoms with Crippen LogP contribution in [0.25, 0.3) is 0 Å². The van der Waals surface area contributed by atoms with Gasteiger partial charge in [0.1, 0.15) is 0 Å². The van der Waals surface area contributed by atoms with E-state index in [0.29, 0.717) is 5.56 Å². The second-order valence-electron chi connectivity index (χ2n) is 4.60. The topological polar surface area (TPSA) is 45.2 Å². The Morgan fingerprint density at radius 2 is 2.05 bits per heavy atom. The Morgan fingerprint density at radius 1 is 1.30 bits per heavy atom. The Balaban J connectivity index is 2.34. The molecule has 2 aromatic rings. The summed E-state index contributed by atoms with van der Waals surface area (Å²) < 4.78 is 0. The molecule has 0 bridgehead atoms. The van der Waals surface area contributed by atoms with Gasteiger partial charge in [-0.3, -0.25) is 9.78 Å². The molecule has 104 valence electrons. The molecule has 0 aliphatic carbocycles. The maximum atomic E-state index is 12.7. The van der Waals surface area contributed by atoms with E-state index in [0.717, 1.165) is 23.5 Å². The summed E-state index contributed by atoms with van der Waals surface area (Å²) in [7, 11) is 1.79. The minimum atomic E-state index is -0.0438. The van der Waals surface area contributed by atoms with Crippen molar-refractivity contribution in [2.45, 2.75) is 13.8 Å². The minimum Gasteiger partial charge on any atom is -0.383 e. The number of carbonyl (C=O) groups is 1. The first-order valence-corrected chi connectivity index (χ1v) is 6.66. The first kappa shape index (κ1) is 14.1. The van der Waals surface area contributed by atoms with Gasteiger partial charge < -0.3 is 10.2 Å². The summed E-state index contributed by atoms with van der Waals surface area (Å²) in [5.74, 6) is -0.0438. The van der Waals surface area contributed by atoms with Crippen molar-refractivity contribution in [3.8, 4) is 0 Å². The predicted molar refractivity (Wildman–Crippen MR) is 82.3 cm³/mol. The number of aromatic nitrogens is 1. The first-order chi connectivity index (χ1) is 9.65. The highest BCUT2D eigenvalue weighted by molar-refractivity contribution is 6.09. The van der Waals surface area contributed by atoms with Crippen molar-refractivity contribution in [3.05, 3.63) is 53.9 Å². The van der Waals surface area contributed by atoms with Crippen molar-refractivity contribution in [1.29, 1.82) is 0 Å². The van der Waals surface area contributed by atoms with Gasteiger partial charge in [0.05, 0.1) is 17.4 Å². The number of nitrogens with zero attached hydrogens (tertiary/aromatic N) is 2. The van der Waals surface area contributed by atoms with Crippen LogP contribution >= 0.6 is 0 Å². The summed E-state index contributed by atoms with van der Waals surface area (Å²) in [4.78, 5) is 18.4.